The predicted octanol–water partition coefficient (Wildman–Crippen LogP) is 2.71. The molecule has 2 atom stereocenters. The van der Waals surface area contributed by atoms with E-state index in [1.807, 2.05) is 11.7 Å². The molecule has 90 valence electrons. The van der Waals surface area contributed by atoms with Crippen molar-refractivity contribution >= 4 is 11.6 Å². The van der Waals surface area contributed by atoms with Crippen LogP contribution in [0.3, 0.4) is 0 Å². The second-order valence-corrected chi connectivity index (χ2v) is 5.11. The highest BCUT2D eigenvalue weighted by atomic mass is 35.5. The van der Waals surface area contributed by atoms with Crippen LogP contribution in [0.1, 0.15) is 43.7 Å². The number of halogens is 1. The summed E-state index contributed by atoms with van der Waals surface area (Å²) in [6.07, 6.45) is 8.06. The molecule has 1 heterocycles. The van der Waals surface area contributed by atoms with E-state index < -0.39 is 0 Å². The highest BCUT2D eigenvalue weighted by Crippen LogP contribution is 2.34. The zero-order valence-electron chi connectivity index (χ0n) is 10.0. The first kappa shape index (κ1) is 11.9. The van der Waals surface area contributed by atoms with E-state index >= 15 is 0 Å². The van der Waals surface area contributed by atoms with Crippen molar-refractivity contribution in [2.45, 2.75) is 44.1 Å². The molecule has 2 rings (SSSR count). The summed E-state index contributed by atoms with van der Waals surface area (Å²) in [5.41, 5.74) is 1.21. The van der Waals surface area contributed by atoms with Crippen LogP contribution in [-0.2, 0) is 7.05 Å². The highest BCUT2D eigenvalue weighted by Gasteiger charge is 2.24. The second kappa shape index (κ2) is 5.19. The minimum Gasteiger partial charge on any atom is -0.317 e. The fourth-order valence-electron chi connectivity index (χ4n) is 2.75. The number of nitrogens with one attached hydrogen (secondary N) is 1. The molecule has 1 saturated carbocycles. The SMILES string of the molecule is CNC1CCCCC(c2c(Cl)cnn2C)C1. The van der Waals surface area contributed by atoms with Gasteiger partial charge in [-0.15, -0.1) is 0 Å². The molecule has 1 N–H and O–H groups in total. The van der Waals surface area contributed by atoms with E-state index in [1.54, 1.807) is 6.20 Å². The van der Waals surface area contributed by atoms with E-state index in [9.17, 15) is 0 Å². The van der Waals surface area contributed by atoms with Gasteiger partial charge in [-0.1, -0.05) is 24.4 Å². The Labute approximate surface area is 102 Å². The largest absolute Gasteiger partial charge is 0.317 e. The van der Waals surface area contributed by atoms with Gasteiger partial charge >= 0.3 is 0 Å². The smallest absolute Gasteiger partial charge is 0.0820 e. The van der Waals surface area contributed by atoms with Gasteiger partial charge in [-0.3, -0.25) is 4.68 Å². The van der Waals surface area contributed by atoms with Gasteiger partial charge in [0.25, 0.3) is 0 Å². The van der Waals surface area contributed by atoms with Crippen molar-refractivity contribution < 1.29 is 0 Å². The van der Waals surface area contributed by atoms with Crippen LogP contribution in [0.25, 0.3) is 0 Å². The summed E-state index contributed by atoms with van der Waals surface area (Å²) in [5.74, 6) is 0.556. The monoisotopic (exact) mass is 241 g/mol. The number of aryl methyl sites for hydroxylation is 1. The predicted molar refractivity (Wildman–Crippen MR) is 66.9 cm³/mol. The molecule has 1 fully saturated rings. The molecular weight excluding hydrogens is 222 g/mol. The first-order valence-corrected chi connectivity index (χ1v) is 6.44. The molecule has 0 aliphatic heterocycles. The van der Waals surface area contributed by atoms with E-state index in [0.29, 0.717) is 12.0 Å². The average Bonchev–Trinajstić information content (AvgIpc) is 2.53. The Morgan fingerprint density at radius 3 is 2.81 bits per heavy atom. The van der Waals surface area contributed by atoms with Crippen LogP contribution in [0.2, 0.25) is 5.02 Å². The van der Waals surface area contributed by atoms with E-state index in [1.165, 1.54) is 37.8 Å². The Balaban J connectivity index is 2.19. The van der Waals surface area contributed by atoms with Crippen LogP contribution in [0, 0.1) is 0 Å². The minimum atomic E-state index is 0.556. The number of hydrogen-bond donors (Lipinski definition) is 1. The Bertz CT molecular complexity index is 329. The lowest BCUT2D eigenvalue weighted by Gasteiger charge is -2.20. The average molecular weight is 242 g/mol. The highest BCUT2D eigenvalue weighted by molar-refractivity contribution is 6.31. The Morgan fingerprint density at radius 2 is 2.19 bits per heavy atom. The normalized spacial score (nSPS) is 26.7. The first-order chi connectivity index (χ1) is 7.72. The van der Waals surface area contributed by atoms with Crippen LogP contribution in [0.15, 0.2) is 6.20 Å². The maximum absolute atomic E-state index is 6.22. The lowest BCUT2D eigenvalue weighted by molar-refractivity contribution is 0.457. The molecule has 1 aromatic rings. The molecule has 0 spiro atoms. The third kappa shape index (κ3) is 2.41. The molecule has 1 aromatic heterocycles. The van der Waals surface area contributed by atoms with Gasteiger partial charge in [0, 0.05) is 19.0 Å². The maximum atomic E-state index is 6.22. The number of hydrogen-bond acceptors (Lipinski definition) is 2. The lowest BCUT2D eigenvalue weighted by Crippen LogP contribution is -2.26. The van der Waals surface area contributed by atoms with Crippen LogP contribution in [0.4, 0.5) is 0 Å². The summed E-state index contributed by atoms with van der Waals surface area (Å²) in [6.45, 7) is 0. The fraction of sp³-hybridized carbons (Fsp3) is 0.750. The molecule has 16 heavy (non-hydrogen) atoms. The van der Waals surface area contributed by atoms with Gasteiger partial charge in [0.05, 0.1) is 16.9 Å². The third-order valence-corrected chi connectivity index (χ3v) is 3.95. The van der Waals surface area contributed by atoms with Crippen molar-refractivity contribution in [3.63, 3.8) is 0 Å². The van der Waals surface area contributed by atoms with Gasteiger partial charge in [0.1, 0.15) is 0 Å². The molecule has 0 bridgehead atoms. The van der Waals surface area contributed by atoms with Crippen LogP contribution in [0.5, 0.6) is 0 Å². The van der Waals surface area contributed by atoms with Gasteiger partial charge in [-0.05, 0) is 26.3 Å². The Morgan fingerprint density at radius 1 is 1.44 bits per heavy atom. The summed E-state index contributed by atoms with van der Waals surface area (Å²) in [6, 6.07) is 0.624. The molecule has 1 aliphatic rings. The van der Waals surface area contributed by atoms with Crippen molar-refractivity contribution in [1.82, 2.24) is 15.1 Å². The van der Waals surface area contributed by atoms with Crippen molar-refractivity contribution in [2.24, 2.45) is 7.05 Å². The standard InChI is InChI=1S/C12H20ClN3/c1-14-10-6-4-3-5-9(7-10)12-11(13)8-15-16(12)2/h8-10,14H,3-7H2,1-2H3. The topological polar surface area (TPSA) is 29.9 Å². The Hall–Kier alpha value is -0.540. The lowest BCUT2D eigenvalue weighted by atomic mass is 9.94. The summed E-state index contributed by atoms with van der Waals surface area (Å²) < 4.78 is 1.94. The summed E-state index contributed by atoms with van der Waals surface area (Å²) in [4.78, 5) is 0. The van der Waals surface area contributed by atoms with Crippen molar-refractivity contribution in [1.29, 1.82) is 0 Å². The third-order valence-electron chi connectivity index (χ3n) is 3.66. The molecule has 0 saturated heterocycles. The van der Waals surface area contributed by atoms with Gasteiger partial charge in [0.2, 0.25) is 0 Å². The van der Waals surface area contributed by atoms with Gasteiger partial charge in [-0.2, -0.15) is 5.10 Å². The van der Waals surface area contributed by atoms with E-state index in [-0.39, 0.29) is 0 Å². The van der Waals surface area contributed by atoms with E-state index in [0.717, 1.165) is 5.02 Å². The molecule has 0 aromatic carbocycles. The zero-order valence-corrected chi connectivity index (χ0v) is 10.8. The number of rotatable bonds is 2. The summed E-state index contributed by atoms with van der Waals surface area (Å²) in [5, 5.41) is 8.46. The molecule has 2 unspecified atom stereocenters. The van der Waals surface area contributed by atoms with Gasteiger partial charge in [-0.25, -0.2) is 0 Å². The fourth-order valence-corrected chi connectivity index (χ4v) is 3.07. The molecule has 0 amide bonds. The van der Waals surface area contributed by atoms with E-state index in [4.69, 9.17) is 11.6 Å². The maximum Gasteiger partial charge on any atom is 0.0820 e. The number of aromatic nitrogens is 2. The molecule has 1 aliphatic carbocycles. The van der Waals surface area contributed by atoms with Crippen LogP contribution in [-0.4, -0.2) is 22.9 Å². The summed E-state index contributed by atoms with van der Waals surface area (Å²) in [7, 11) is 4.04. The molecule has 0 radical (unpaired) electrons. The van der Waals surface area contributed by atoms with Gasteiger partial charge in [0.15, 0.2) is 0 Å². The zero-order chi connectivity index (χ0) is 11.5. The Kier molecular flexibility index (Phi) is 3.87. The number of nitrogens with zero attached hydrogens (tertiary/aromatic N) is 2. The van der Waals surface area contributed by atoms with Crippen LogP contribution < -0.4 is 5.32 Å². The first-order valence-electron chi connectivity index (χ1n) is 6.07. The van der Waals surface area contributed by atoms with E-state index in [2.05, 4.69) is 17.5 Å². The molecule has 4 heteroatoms. The van der Waals surface area contributed by atoms with Crippen molar-refractivity contribution in [3.8, 4) is 0 Å². The van der Waals surface area contributed by atoms with Crippen molar-refractivity contribution in [2.75, 3.05) is 7.05 Å². The molecule has 3 nitrogen and oxygen atoms in total. The second-order valence-electron chi connectivity index (χ2n) is 4.70. The van der Waals surface area contributed by atoms with Crippen LogP contribution >= 0.6 is 11.6 Å². The minimum absolute atomic E-state index is 0.556. The molecular formula is C12H20ClN3. The summed E-state index contributed by atoms with van der Waals surface area (Å²) >= 11 is 6.22. The van der Waals surface area contributed by atoms with Gasteiger partial charge < -0.3 is 5.32 Å². The van der Waals surface area contributed by atoms with Crippen molar-refractivity contribution in [3.05, 3.63) is 16.9 Å². The quantitative estimate of drug-likeness (QED) is 0.807.